The molecule has 92 valence electrons. The second-order valence-electron chi connectivity index (χ2n) is 4.65. The van der Waals surface area contributed by atoms with Crippen molar-refractivity contribution in [2.24, 2.45) is 5.92 Å². The molecule has 4 nitrogen and oxygen atoms in total. The van der Waals surface area contributed by atoms with E-state index in [9.17, 15) is 0 Å². The molecule has 0 bridgehead atoms. The average molecular weight is 224 g/mol. The fourth-order valence-electron chi connectivity index (χ4n) is 1.51. The van der Waals surface area contributed by atoms with Crippen LogP contribution < -0.4 is 10.6 Å². The zero-order chi connectivity index (χ0) is 11.8. The Labute approximate surface area is 98.2 Å². The predicted molar refractivity (Wildman–Crippen MR) is 67.4 cm³/mol. The molecule has 1 rings (SSSR count). The molecule has 0 fully saturated rings. The summed E-state index contributed by atoms with van der Waals surface area (Å²) >= 11 is 0. The van der Waals surface area contributed by atoms with E-state index in [1.165, 1.54) is 12.0 Å². The van der Waals surface area contributed by atoms with E-state index in [0.717, 1.165) is 37.8 Å². The Balaban J connectivity index is 1.94. The Bertz CT molecular complexity index is 280. The van der Waals surface area contributed by atoms with Gasteiger partial charge in [0.1, 0.15) is 0 Å². The van der Waals surface area contributed by atoms with Crippen LogP contribution in [0, 0.1) is 12.8 Å². The maximum atomic E-state index is 3.99. The number of rotatable bonds is 8. The van der Waals surface area contributed by atoms with E-state index in [2.05, 4.69) is 34.7 Å². The Morgan fingerprint density at radius 2 is 2.06 bits per heavy atom. The highest BCUT2D eigenvalue weighted by atomic mass is 15.1. The number of aromatic nitrogens is 2. The third-order valence-electron chi connectivity index (χ3n) is 2.51. The molecule has 0 amide bonds. The number of aryl methyl sites for hydroxylation is 1. The van der Waals surface area contributed by atoms with Gasteiger partial charge in [-0.25, -0.2) is 0 Å². The summed E-state index contributed by atoms with van der Waals surface area (Å²) in [5.74, 6) is 0.738. The van der Waals surface area contributed by atoms with Crippen molar-refractivity contribution in [2.75, 3.05) is 19.6 Å². The Kier molecular flexibility index (Phi) is 6.11. The molecule has 0 aliphatic heterocycles. The van der Waals surface area contributed by atoms with Crippen molar-refractivity contribution in [3.8, 4) is 0 Å². The molecule has 1 aromatic heterocycles. The van der Waals surface area contributed by atoms with Crippen molar-refractivity contribution in [1.29, 1.82) is 0 Å². The minimum atomic E-state index is 0.738. The number of hydrogen-bond donors (Lipinski definition) is 3. The van der Waals surface area contributed by atoms with Crippen LogP contribution in [-0.2, 0) is 6.54 Å². The first-order valence-corrected chi connectivity index (χ1v) is 6.10. The molecule has 0 aromatic carbocycles. The number of hydrogen-bond acceptors (Lipinski definition) is 3. The third kappa shape index (κ3) is 5.28. The van der Waals surface area contributed by atoms with Crippen LogP contribution in [0.1, 0.15) is 31.5 Å². The van der Waals surface area contributed by atoms with E-state index >= 15 is 0 Å². The molecule has 3 N–H and O–H groups in total. The van der Waals surface area contributed by atoms with Crippen LogP contribution in [-0.4, -0.2) is 29.8 Å². The van der Waals surface area contributed by atoms with Gasteiger partial charge in [0.2, 0.25) is 0 Å². The van der Waals surface area contributed by atoms with Gasteiger partial charge >= 0.3 is 0 Å². The molecule has 0 spiro atoms. The summed E-state index contributed by atoms with van der Waals surface area (Å²) in [7, 11) is 0. The van der Waals surface area contributed by atoms with Gasteiger partial charge in [-0.1, -0.05) is 13.8 Å². The normalized spacial score (nSPS) is 11.2. The molecular formula is C12H24N4. The van der Waals surface area contributed by atoms with Crippen LogP contribution in [0.5, 0.6) is 0 Å². The first kappa shape index (κ1) is 13.2. The lowest BCUT2D eigenvalue weighted by Crippen LogP contribution is -2.24. The van der Waals surface area contributed by atoms with Crippen LogP contribution in [0.3, 0.4) is 0 Å². The average Bonchev–Trinajstić information content (AvgIpc) is 2.62. The van der Waals surface area contributed by atoms with Crippen LogP contribution in [0.25, 0.3) is 0 Å². The van der Waals surface area contributed by atoms with Crippen molar-refractivity contribution < 1.29 is 0 Å². The number of aromatic amines is 1. The van der Waals surface area contributed by atoms with Gasteiger partial charge < -0.3 is 10.6 Å². The summed E-state index contributed by atoms with van der Waals surface area (Å²) < 4.78 is 0. The van der Waals surface area contributed by atoms with Crippen molar-refractivity contribution in [2.45, 2.75) is 33.7 Å². The number of H-pyrrole nitrogens is 1. The minimum absolute atomic E-state index is 0.738. The molecule has 16 heavy (non-hydrogen) atoms. The van der Waals surface area contributed by atoms with E-state index in [1.54, 1.807) is 0 Å². The zero-order valence-corrected chi connectivity index (χ0v) is 10.6. The molecule has 0 aliphatic carbocycles. The maximum absolute atomic E-state index is 3.99. The van der Waals surface area contributed by atoms with E-state index in [0.29, 0.717) is 0 Å². The molecular weight excluding hydrogens is 200 g/mol. The molecule has 0 radical (unpaired) electrons. The number of nitrogens with one attached hydrogen (secondary N) is 3. The van der Waals surface area contributed by atoms with Gasteiger partial charge in [-0.05, 0) is 38.9 Å². The standard InChI is InChI=1S/C12H24N4/c1-10(2)7-13-5-4-6-14-8-12-9-15-16-11(12)3/h9-10,13-14H,4-8H2,1-3H3,(H,15,16). The lowest BCUT2D eigenvalue weighted by atomic mass is 10.2. The second kappa shape index (κ2) is 7.41. The summed E-state index contributed by atoms with van der Waals surface area (Å²) in [6, 6.07) is 0. The summed E-state index contributed by atoms with van der Waals surface area (Å²) in [4.78, 5) is 0. The van der Waals surface area contributed by atoms with Gasteiger partial charge in [0, 0.05) is 17.8 Å². The van der Waals surface area contributed by atoms with Gasteiger partial charge in [0.25, 0.3) is 0 Å². The summed E-state index contributed by atoms with van der Waals surface area (Å²) in [5.41, 5.74) is 2.42. The van der Waals surface area contributed by atoms with Gasteiger partial charge in [0.05, 0.1) is 6.20 Å². The van der Waals surface area contributed by atoms with Crippen molar-refractivity contribution in [3.63, 3.8) is 0 Å². The monoisotopic (exact) mass is 224 g/mol. The largest absolute Gasteiger partial charge is 0.316 e. The molecule has 4 heteroatoms. The molecule has 0 aliphatic rings. The second-order valence-corrected chi connectivity index (χ2v) is 4.65. The van der Waals surface area contributed by atoms with Gasteiger partial charge in [-0.3, -0.25) is 5.10 Å². The maximum Gasteiger partial charge on any atom is 0.0535 e. The highest BCUT2D eigenvalue weighted by molar-refractivity contribution is 5.13. The third-order valence-corrected chi connectivity index (χ3v) is 2.51. The fraction of sp³-hybridized carbons (Fsp3) is 0.750. The Morgan fingerprint density at radius 1 is 1.31 bits per heavy atom. The molecule has 1 heterocycles. The summed E-state index contributed by atoms with van der Waals surface area (Å²) in [5, 5.41) is 13.8. The Hall–Kier alpha value is -0.870. The predicted octanol–water partition coefficient (Wildman–Crippen LogP) is 1.44. The smallest absolute Gasteiger partial charge is 0.0535 e. The molecule has 1 aromatic rings. The van der Waals surface area contributed by atoms with Crippen LogP contribution >= 0.6 is 0 Å². The van der Waals surface area contributed by atoms with Crippen LogP contribution in [0.15, 0.2) is 6.20 Å². The lowest BCUT2D eigenvalue weighted by Gasteiger charge is -2.07. The topological polar surface area (TPSA) is 52.7 Å². The Morgan fingerprint density at radius 3 is 2.69 bits per heavy atom. The van der Waals surface area contributed by atoms with E-state index < -0.39 is 0 Å². The van der Waals surface area contributed by atoms with Crippen LogP contribution in [0.2, 0.25) is 0 Å². The molecule has 0 unspecified atom stereocenters. The molecule has 0 saturated carbocycles. The first-order valence-electron chi connectivity index (χ1n) is 6.10. The van der Waals surface area contributed by atoms with E-state index in [-0.39, 0.29) is 0 Å². The summed E-state index contributed by atoms with van der Waals surface area (Å²) in [6.07, 6.45) is 3.06. The van der Waals surface area contributed by atoms with Crippen molar-refractivity contribution in [3.05, 3.63) is 17.5 Å². The van der Waals surface area contributed by atoms with Gasteiger partial charge in [-0.2, -0.15) is 5.10 Å². The highest BCUT2D eigenvalue weighted by Crippen LogP contribution is 2.00. The fourth-order valence-corrected chi connectivity index (χ4v) is 1.51. The van der Waals surface area contributed by atoms with E-state index in [1.807, 2.05) is 13.1 Å². The van der Waals surface area contributed by atoms with E-state index in [4.69, 9.17) is 0 Å². The number of nitrogens with zero attached hydrogens (tertiary/aromatic N) is 1. The molecule has 0 saturated heterocycles. The van der Waals surface area contributed by atoms with Gasteiger partial charge in [-0.15, -0.1) is 0 Å². The zero-order valence-electron chi connectivity index (χ0n) is 10.6. The minimum Gasteiger partial charge on any atom is -0.316 e. The van der Waals surface area contributed by atoms with Crippen LogP contribution in [0.4, 0.5) is 0 Å². The summed E-state index contributed by atoms with van der Waals surface area (Å²) in [6.45, 7) is 10.7. The van der Waals surface area contributed by atoms with Crippen molar-refractivity contribution in [1.82, 2.24) is 20.8 Å². The SMILES string of the molecule is Cc1[nH]ncc1CNCCCNCC(C)C. The molecule has 0 atom stereocenters. The first-order chi connectivity index (χ1) is 7.70. The lowest BCUT2D eigenvalue weighted by molar-refractivity contribution is 0.530. The highest BCUT2D eigenvalue weighted by Gasteiger charge is 1.98. The quantitative estimate of drug-likeness (QED) is 0.586. The van der Waals surface area contributed by atoms with Gasteiger partial charge in [0.15, 0.2) is 0 Å². The van der Waals surface area contributed by atoms with Crippen molar-refractivity contribution >= 4 is 0 Å².